The van der Waals surface area contributed by atoms with E-state index in [1.165, 1.54) is 0 Å². The number of aromatic nitrogens is 1. The fourth-order valence-corrected chi connectivity index (χ4v) is 2.29. The smallest absolute Gasteiger partial charge is 0.239 e. The average Bonchev–Trinajstić information content (AvgIpc) is 2.90. The van der Waals surface area contributed by atoms with E-state index in [2.05, 4.69) is 15.8 Å². The SMILES string of the molecule is Cc1cc(NC(=O)CN(C)CCC(=O)N2CCNCC2)no1. The first-order valence-corrected chi connectivity index (χ1v) is 7.45. The summed E-state index contributed by atoms with van der Waals surface area (Å²) >= 11 is 0. The third kappa shape index (κ3) is 5.12. The van der Waals surface area contributed by atoms with Gasteiger partial charge in [0.1, 0.15) is 5.76 Å². The first kappa shape index (κ1) is 16.4. The summed E-state index contributed by atoms with van der Waals surface area (Å²) in [5.41, 5.74) is 0. The van der Waals surface area contributed by atoms with Crippen molar-refractivity contribution in [2.24, 2.45) is 0 Å². The van der Waals surface area contributed by atoms with Gasteiger partial charge >= 0.3 is 0 Å². The first-order chi connectivity index (χ1) is 10.5. The molecule has 1 aromatic rings. The second-order valence-electron chi connectivity index (χ2n) is 5.49. The Morgan fingerprint density at radius 1 is 1.45 bits per heavy atom. The molecule has 1 aromatic heterocycles. The van der Waals surface area contributed by atoms with E-state index in [1.54, 1.807) is 13.0 Å². The van der Waals surface area contributed by atoms with Crippen LogP contribution in [0.1, 0.15) is 12.2 Å². The minimum atomic E-state index is -0.176. The molecule has 0 atom stereocenters. The highest BCUT2D eigenvalue weighted by atomic mass is 16.5. The summed E-state index contributed by atoms with van der Waals surface area (Å²) in [5.74, 6) is 1.02. The molecule has 1 saturated heterocycles. The van der Waals surface area contributed by atoms with Crippen molar-refractivity contribution >= 4 is 17.6 Å². The molecular weight excluding hydrogens is 286 g/mol. The quantitative estimate of drug-likeness (QED) is 0.748. The number of aryl methyl sites for hydroxylation is 1. The standard InChI is InChI=1S/C14H23N5O3/c1-11-9-12(17-22-11)16-13(20)10-18(2)6-3-14(21)19-7-4-15-5-8-19/h9,15H,3-8,10H2,1-2H3,(H,16,17,20). The highest BCUT2D eigenvalue weighted by Crippen LogP contribution is 2.06. The Balaban J connectivity index is 1.67. The van der Waals surface area contributed by atoms with Crippen molar-refractivity contribution < 1.29 is 14.1 Å². The maximum atomic E-state index is 12.0. The number of likely N-dealkylation sites (N-methyl/N-ethyl adjacent to an activating group) is 1. The van der Waals surface area contributed by atoms with Crippen LogP contribution >= 0.6 is 0 Å². The summed E-state index contributed by atoms with van der Waals surface area (Å²) in [4.78, 5) is 27.6. The molecule has 0 spiro atoms. The van der Waals surface area contributed by atoms with Gasteiger partial charge in [0.2, 0.25) is 11.8 Å². The topological polar surface area (TPSA) is 90.7 Å². The molecule has 0 saturated carbocycles. The van der Waals surface area contributed by atoms with Crippen LogP contribution in [0.5, 0.6) is 0 Å². The summed E-state index contributed by atoms with van der Waals surface area (Å²) in [6.07, 6.45) is 0.423. The zero-order valence-electron chi connectivity index (χ0n) is 13.1. The normalized spacial score (nSPS) is 15.1. The van der Waals surface area contributed by atoms with Gasteiger partial charge in [0.15, 0.2) is 5.82 Å². The Hall–Kier alpha value is -1.93. The summed E-state index contributed by atoms with van der Waals surface area (Å²) < 4.78 is 4.88. The van der Waals surface area contributed by atoms with Crippen molar-refractivity contribution in [1.82, 2.24) is 20.3 Å². The van der Waals surface area contributed by atoms with Crippen molar-refractivity contribution in [2.45, 2.75) is 13.3 Å². The number of rotatable bonds is 6. The maximum absolute atomic E-state index is 12.0. The molecule has 0 unspecified atom stereocenters. The van der Waals surface area contributed by atoms with Gasteiger partial charge in [-0.25, -0.2) is 0 Å². The van der Waals surface area contributed by atoms with Crippen molar-refractivity contribution in [2.75, 3.05) is 51.6 Å². The van der Waals surface area contributed by atoms with Crippen LogP contribution in [0.3, 0.4) is 0 Å². The Labute approximate surface area is 129 Å². The van der Waals surface area contributed by atoms with Gasteiger partial charge in [-0.3, -0.25) is 14.5 Å². The number of carbonyl (C=O) groups is 2. The molecule has 8 heteroatoms. The van der Waals surface area contributed by atoms with Crippen LogP contribution in [0, 0.1) is 6.92 Å². The fraction of sp³-hybridized carbons (Fsp3) is 0.643. The molecule has 2 rings (SSSR count). The molecule has 0 radical (unpaired) electrons. The number of carbonyl (C=O) groups excluding carboxylic acids is 2. The Morgan fingerprint density at radius 2 is 2.18 bits per heavy atom. The number of hydrogen-bond donors (Lipinski definition) is 2. The van der Waals surface area contributed by atoms with Gasteiger partial charge < -0.3 is 20.1 Å². The van der Waals surface area contributed by atoms with E-state index in [9.17, 15) is 9.59 Å². The van der Waals surface area contributed by atoms with Gasteiger partial charge in [0.05, 0.1) is 6.54 Å². The molecule has 0 aliphatic carbocycles. The number of amides is 2. The molecule has 2 N–H and O–H groups in total. The minimum absolute atomic E-state index is 0.140. The van der Waals surface area contributed by atoms with E-state index in [1.807, 2.05) is 16.8 Å². The third-order valence-corrected chi connectivity index (χ3v) is 3.49. The predicted octanol–water partition coefficient (Wildman–Crippen LogP) is -0.325. The van der Waals surface area contributed by atoms with E-state index in [-0.39, 0.29) is 18.4 Å². The van der Waals surface area contributed by atoms with Gasteiger partial charge in [0, 0.05) is 45.2 Å². The maximum Gasteiger partial charge on any atom is 0.239 e. The predicted molar refractivity (Wildman–Crippen MR) is 81.4 cm³/mol. The lowest BCUT2D eigenvalue weighted by Gasteiger charge is -2.28. The Morgan fingerprint density at radius 3 is 2.82 bits per heavy atom. The number of nitrogens with one attached hydrogen (secondary N) is 2. The molecule has 0 bridgehead atoms. The molecule has 22 heavy (non-hydrogen) atoms. The van der Waals surface area contributed by atoms with Crippen LogP contribution < -0.4 is 10.6 Å². The van der Waals surface area contributed by atoms with Gasteiger partial charge in [-0.2, -0.15) is 0 Å². The molecule has 1 fully saturated rings. The molecule has 1 aliphatic heterocycles. The van der Waals surface area contributed by atoms with Gasteiger partial charge in [-0.05, 0) is 14.0 Å². The van der Waals surface area contributed by atoms with Crippen LogP contribution in [0.2, 0.25) is 0 Å². The van der Waals surface area contributed by atoms with E-state index < -0.39 is 0 Å². The molecule has 2 amide bonds. The third-order valence-electron chi connectivity index (χ3n) is 3.49. The molecule has 0 aromatic carbocycles. The summed E-state index contributed by atoms with van der Waals surface area (Å²) in [7, 11) is 1.82. The number of anilines is 1. The summed E-state index contributed by atoms with van der Waals surface area (Å²) in [5, 5.41) is 9.58. The zero-order chi connectivity index (χ0) is 15.9. The number of hydrogen-bond acceptors (Lipinski definition) is 6. The van der Waals surface area contributed by atoms with Crippen LogP contribution in [-0.4, -0.2) is 73.1 Å². The highest BCUT2D eigenvalue weighted by molar-refractivity contribution is 5.91. The first-order valence-electron chi connectivity index (χ1n) is 7.45. The molecular formula is C14H23N5O3. The molecule has 8 nitrogen and oxygen atoms in total. The van der Waals surface area contributed by atoms with Crippen molar-refractivity contribution in [1.29, 1.82) is 0 Å². The van der Waals surface area contributed by atoms with E-state index in [4.69, 9.17) is 4.52 Å². The second-order valence-corrected chi connectivity index (χ2v) is 5.49. The van der Waals surface area contributed by atoms with Gasteiger partial charge in [-0.1, -0.05) is 5.16 Å². The lowest BCUT2D eigenvalue weighted by atomic mass is 10.3. The molecule has 122 valence electrons. The number of nitrogens with zero attached hydrogens (tertiary/aromatic N) is 3. The minimum Gasteiger partial charge on any atom is -0.360 e. The molecule has 1 aliphatic rings. The average molecular weight is 309 g/mol. The van der Waals surface area contributed by atoms with Gasteiger partial charge in [0.25, 0.3) is 0 Å². The van der Waals surface area contributed by atoms with Crippen molar-refractivity contribution in [3.63, 3.8) is 0 Å². The largest absolute Gasteiger partial charge is 0.360 e. The second kappa shape index (κ2) is 7.90. The van der Waals surface area contributed by atoms with Gasteiger partial charge in [-0.15, -0.1) is 0 Å². The van der Waals surface area contributed by atoms with Crippen molar-refractivity contribution in [3.05, 3.63) is 11.8 Å². The van der Waals surface area contributed by atoms with E-state index >= 15 is 0 Å². The van der Waals surface area contributed by atoms with Crippen LogP contribution in [0.4, 0.5) is 5.82 Å². The van der Waals surface area contributed by atoms with Crippen LogP contribution in [-0.2, 0) is 9.59 Å². The number of piperazine rings is 1. The van der Waals surface area contributed by atoms with E-state index in [0.29, 0.717) is 24.5 Å². The van der Waals surface area contributed by atoms with Crippen LogP contribution in [0.25, 0.3) is 0 Å². The fourth-order valence-electron chi connectivity index (χ4n) is 2.29. The lowest BCUT2D eigenvalue weighted by Crippen LogP contribution is -2.47. The Kier molecular flexibility index (Phi) is 5.91. The zero-order valence-corrected chi connectivity index (χ0v) is 13.1. The Bertz CT molecular complexity index is 510. The molecule has 2 heterocycles. The van der Waals surface area contributed by atoms with Crippen LogP contribution in [0.15, 0.2) is 10.6 Å². The highest BCUT2D eigenvalue weighted by Gasteiger charge is 2.17. The lowest BCUT2D eigenvalue weighted by molar-refractivity contribution is -0.132. The van der Waals surface area contributed by atoms with E-state index in [0.717, 1.165) is 26.2 Å². The van der Waals surface area contributed by atoms with Crippen molar-refractivity contribution in [3.8, 4) is 0 Å². The summed E-state index contributed by atoms with van der Waals surface area (Å²) in [6.45, 7) is 5.73. The summed E-state index contributed by atoms with van der Waals surface area (Å²) in [6, 6.07) is 1.66. The monoisotopic (exact) mass is 309 g/mol.